The van der Waals surface area contributed by atoms with Gasteiger partial charge in [0.25, 0.3) is 10.0 Å². The largest absolute Gasteiger partial charge is 0.396 e. The van der Waals surface area contributed by atoms with E-state index in [9.17, 15) is 8.42 Å². The molecule has 2 rings (SSSR count). The van der Waals surface area contributed by atoms with Crippen molar-refractivity contribution in [2.24, 2.45) is 0 Å². The molecule has 90 valence electrons. The lowest BCUT2D eigenvalue weighted by Crippen LogP contribution is -2.27. The highest BCUT2D eigenvalue weighted by Crippen LogP contribution is 2.26. The van der Waals surface area contributed by atoms with Gasteiger partial charge in [0.2, 0.25) is 0 Å². The average molecular weight is 269 g/mol. The second-order valence-electron chi connectivity index (χ2n) is 3.32. The molecule has 0 bridgehead atoms. The molecule has 0 fully saturated rings. The Morgan fingerprint density at radius 1 is 1.35 bits per heavy atom. The molecule has 0 unspecified atom stereocenters. The predicted molar refractivity (Wildman–Crippen MR) is 68.6 cm³/mol. The quantitative estimate of drug-likeness (QED) is 0.917. The molecule has 17 heavy (non-hydrogen) atoms. The predicted octanol–water partition coefficient (Wildman–Crippen LogP) is 1.55. The molecular formula is C10H11N3O2S2. The van der Waals surface area contributed by atoms with Crippen molar-refractivity contribution in [3.63, 3.8) is 0 Å². The van der Waals surface area contributed by atoms with Crippen LogP contribution < -0.4 is 10.0 Å². The summed E-state index contributed by atoms with van der Waals surface area (Å²) in [7, 11) is -2.12. The summed E-state index contributed by atoms with van der Waals surface area (Å²) in [5.41, 5.74) is 6.04. The van der Waals surface area contributed by atoms with Gasteiger partial charge in [0, 0.05) is 13.2 Å². The monoisotopic (exact) mass is 269 g/mol. The van der Waals surface area contributed by atoms with Gasteiger partial charge < -0.3 is 5.73 Å². The second kappa shape index (κ2) is 4.34. The van der Waals surface area contributed by atoms with Gasteiger partial charge in [-0.3, -0.25) is 4.31 Å². The van der Waals surface area contributed by atoms with Gasteiger partial charge in [0.05, 0.1) is 5.69 Å². The normalized spacial score (nSPS) is 11.4. The van der Waals surface area contributed by atoms with Crippen LogP contribution in [0.25, 0.3) is 0 Å². The minimum atomic E-state index is -3.56. The maximum atomic E-state index is 12.2. The zero-order valence-electron chi connectivity index (χ0n) is 9.07. The SMILES string of the molecule is CN(c1ncccc1N)S(=O)(=O)c1cccs1. The highest BCUT2D eigenvalue weighted by atomic mass is 32.2. The van der Waals surface area contributed by atoms with Crippen LogP contribution in [0.2, 0.25) is 0 Å². The van der Waals surface area contributed by atoms with Gasteiger partial charge in [-0.2, -0.15) is 0 Å². The van der Waals surface area contributed by atoms with Crippen molar-refractivity contribution in [3.05, 3.63) is 35.8 Å². The minimum Gasteiger partial charge on any atom is -0.396 e. The summed E-state index contributed by atoms with van der Waals surface area (Å²) >= 11 is 1.16. The van der Waals surface area contributed by atoms with Crippen LogP contribution in [0.3, 0.4) is 0 Å². The Morgan fingerprint density at radius 3 is 2.71 bits per heavy atom. The maximum absolute atomic E-state index is 12.2. The first-order valence-corrected chi connectivity index (χ1v) is 7.08. The van der Waals surface area contributed by atoms with Gasteiger partial charge in [0.1, 0.15) is 4.21 Å². The van der Waals surface area contributed by atoms with Gasteiger partial charge in [-0.1, -0.05) is 6.07 Å². The van der Waals surface area contributed by atoms with Crippen molar-refractivity contribution >= 4 is 32.9 Å². The summed E-state index contributed by atoms with van der Waals surface area (Å²) in [5.74, 6) is 0.237. The fourth-order valence-corrected chi connectivity index (χ4v) is 3.67. The number of pyridine rings is 1. The van der Waals surface area contributed by atoms with Gasteiger partial charge in [-0.15, -0.1) is 11.3 Å². The average Bonchev–Trinajstić information content (AvgIpc) is 2.83. The third-order valence-corrected chi connectivity index (χ3v) is 5.35. The summed E-state index contributed by atoms with van der Waals surface area (Å²) in [4.78, 5) is 3.98. The van der Waals surface area contributed by atoms with E-state index in [0.717, 1.165) is 15.6 Å². The molecule has 2 heterocycles. The fourth-order valence-electron chi connectivity index (χ4n) is 1.33. The van der Waals surface area contributed by atoms with Crippen LogP contribution in [0.5, 0.6) is 0 Å². The molecule has 0 atom stereocenters. The molecule has 5 nitrogen and oxygen atoms in total. The van der Waals surface area contributed by atoms with Crippen LogP contribution >= 0.6 is 11.3 Å². The van der Waals surface area contributed by atoms with Crippen molar-refractivity contribution in [2.75, 3.05) is 17.1 Å². The lowest BCUT2D eigenvalue weighted by molar-refractivity contribution is 0.596. The third-order valence-electron chi connectivity index (χ3n) is 2.22. The van der Waals surface area contributed by atoms with E-state index >= 15 is 0 Å². The number of nitrogen functional groups attached to an aromatic ring is 1. The molecule has 7 heteroatoms. The Bertz CT molecular complexity index is 608. The molecule has 0 radical (unpaired) electrons. The number of nitrogens with two attached hydrogens (primary N) is 1. The van der Waals surface area contributed by atoms with Crippen LogP contribution in [-0.2, 0) is 10.0 Å². The Morgan fingerprint density at radius 2 is 2.12 bits per heavy atom. The Hall–Kier alpha value is -1.60. The lowest BCUT2D eigenvalue weighted by Gasteiger charge is -2.18. The molecule has 2 aromatic rings. The summed E-state index contributed by atoms with van der Waals surface area (Å²) in [6.45, 7) is 0. The maximum Gasteiger partial charge on any atom is 0.274 e. The summed E-state index contributed by atoms with van der Waals surface area (Å²) < 4.78 is 25.7. The summed E-state index contributed by atoms with van der Waals surface area (Å²) in [5, 5.41) is 1.71. The third kappa shape index (κ3) is 2.11. The van der Waals surface area contributed by atoms with Crippen molar-refractivity contribution in [1.82, 2.24) is 4.98 Å². The van der Waals surface area contributed by atoms with Crippen molar-refractivity contribution < 1.29 is 8.42 Å². The molecule has 0 aliphatic heterocycles. The van der Waals surface area contributed by atoms with Crippen LogP contribution in [-0.4, -0.2) is 20.4 Å². The first-order valence-electron chi connectivity index (χ1n) is 4.76. The Labute approximate surface area is 104 Å². The van der Waals surface area contributed by atoms with E-state index in [1.807, 2.05) is 0 Å². The number of sulfonamides is 1. The number of hydrogen-bond acceptors (Lipinski definition) is 5. The molecular weight excluding hydrogens is 258 g/mol. The minimum absolute atomic E-state index is 0.237. The zero-order valence-corrected chi connectivity index (χ0v) is 10.7. The van der Waals surface area contributed by atoms with E-state index in [0.29, 0.717) is 5.69 Å². The zero-order chi connectivity index (χ0) is 12.5. The molecule has 2 N–H and O–H groups in total. The van der Waals surface area contributed by atoms with Gasteiger partial charge >= 0.3 is 0 Å². The van der Waals surface area contributed by atoms with Crippen LogP contribution in [0, 0.1) is 0 Å². The molecule has 0 saturated heterocycles. The molecule has 0 saturated carbocycles. The lowest BCUT2D eigenvalue weighted by atomic mass is 10.4. The van der Waals surface area contributed by atoms with E-state index in [-0.39, 0.29) is 10.0 Å². The number of aromatic nitrogens is 1. The van der Waals surface area contributed by atoms with E-state index in [2.05, 4.69) is 4.98 Å². The first kappa shape index (κ1) is 11.9. The molecule has 0 aliphatic rings. The molecule has 2 aromatic heterocycles. The van der Waals surface area contributed by atoms with Crippen molar-refractivity contribution in [2.45, 2.75) is 4.21 Å². The molecule has 0 amide bonds. The number of thiophene rings is 1. The highest BCUT2D eigenvalue weighted by Gasteiger charge is 2.24. The number of hydrogen-bond donors (Lipinski definition) is 1. The first-order chi connectivity index (χ1) is 8.03. The molecule has 0 spiro atoms. The van der Waals surface area contributed by atoms with Crippen LogP contribution in [0.15, 0.2) is 40.1 Å². The van der Waals surface area contributed by atoms with E-state index in [1.54, 1.807) is 29.6 Å². The van der Waals surface area contributed by atoms with Gasteiger partial charge in [0.15, 0.2) is 5.82 Å². The number of anilines is 2. The number of nitrogens with zero attached hydrogens (tertiary/aromatic N) is 2. The van der Waals surface area contributed by atoms with E-state index < -0.39 is 10.0 Å². The highest BCUT2D eigenvalue weighted by molar-refractivity contribution is 7.94. The summed E-state index contributed by atoms with van der Waals surface area (Å²) in [6.07, 6.45) is 1.51. The van der Waals surface area contributed by atoms with Crippen LogP contribution in [0.4, 0.5) is 11.5 Å². The smallest absolute Gasteiger partial charge is 0.274 e. The summed E-state index contributed by atoms with van der Waals surface area (Å²) in [6, 6.07) is 6.51. The Balaban J connectivity index is 2.46. The standard InChI is InChI=1S/C10H11N3O2S2/c1-13(10-8(11)4-2-6-12-10)17(14,15)9-5-3-7-16-9/h2-7H,11H2,1H3. The van der Waals surface area contributed by atoms with Gasteiger partial charge in [-0.25, -0.2) is 13.4 Å². The Kier molecular flexibility index (Phi) is 3.03. The topological polar surface area (TPSA) is 76.3 Å². The second-order valence-corrected chi connectivity index (χ2v) is 6.46. The fraction of sp³-hybridized carbons (Fsp3) is 0.100. The van der Waals surface area contributed by atoms with Crippen LogP contribution in [0.1, 0.15) is 0 Å². The van der Waals surface area contributed by atoms with E-state index in [1.165, 1.54) is 13.2 Å². The van der Waals surface area contributed by atoms with Gasteiger partial charge in [-0.05, 0) is 23.6 Å². The molecule has 0 aliphatic carbocycles. The van der Waals surface area contributed by atoms with Crippen molar-refractivity contribution in [1.29, 1.82) is 0 Å². The number of rotatable bonds is 3. The van der Waals surface area contributed by atoms with E-state index in [4.69, 9.17) is 5.73 Å². The van der Waals surface area contributed by atoms with Crippen molar-refractivity contribution in [3.8, 4) is 0 Å². The molecule has 0 aromatic carbocycles.